The molecule has 2 heterocycles. The minimum Gasteiger partial charge on any atom is -0.394 e. The van der Waals surface area contributed by atoms with Crippen LogP contribution in [0.2, 0.25) is 0 Å². The first kappa shape index (κ1) is 8.80. The van der Waals surface area contributed by atoms with Gasteiger partial charge in [-0.15, -0.1) is 0 Å². The van der Waals surface area contributed by atoms with Gasteiger partial charge in [0.1, 0.15) is 5.82 Å². The third-order valence-corrected chi connectivity index (χ3v) is 2.10. The first-order valence-electron chi connectivity index (χ1n) is 4.54. The molecule has 2 rings (SSSR count). The molecule has 14 heavy (non-hydrogen) atoms. The van der Waals surface area contributed by atoms with Crippen LogP contribution >= 0.6 is 0 Å². The predicted octanol–water partition coefficient (Wildman–Crippen LogP) is 0.750. The molecule has 2 aromatic rings. The van der Waals surface area contributed by atoms with Crippen LogP contribution in [0.4, 0.5) is 5.69 Å². The Labute approximate surface area is 82.2 Å². The summed E-state index contributed by atoms with van der Waals surface area (Å²) in [6.07, 6.45) is 6.28. The van der Waals surface area contributed by atoms with Crippen LogP contribution in [0.3, 0.4) is 0 Å². The van der Waals surface area contributed by atoms with Gasteiger partial charge in [-0.2, -0.15) is 5.10 Å². The molecule has 0 aromatic carbocycles. The Bertz CT molecular complexity index is 440. The molecule has 0 bridgehead atoms. The lowest BCUT2D eigenvalue weighted by molar-refractivity contribution is 0.742. The highest BCUT2D eigenvalue weighted by atomic mass is 15.3. The number of hydrogen-bond donors (Lipinski definition) is 1. The highest BCUT2D eigenvalue weighted by molar-refractivity contribution is 5.52. The van der Waals surface area contributed by atoms with Crippen molar-refractivity contribution < 1.29 is 0 Å². The van der Waals surface area contributed by atoms with Crippen molar-refractivity contribution in [3.8, 4) is 5.82 Å². The molecule has 0 radical (unpaired) electrons. The molecule has 0 aliphatic rings. The van der Waals surface area contributed by atoms with Crippen LogP contribution in [0.25, 0.3) is 5.82 Å². The van der Waals surface area contributed by atoms with Crippen molar-refractivity contribution in [2.45, 2.75) is 13.3 Å². The lowest BCUT2D eigenvalue weighted by Gasteiger charge is -2.02. The second-order valence-corrected chi connectivity index (χ2v) is 3.15. The van der Waals surface area contributed by atoms with E-state index in [9.17, 15) is 0 Å². The summed E-state index contributed by atoms with van der Waals surface area (Å²) in [4.78, 5) is 4.22. The molecule has 0 spiro atoms. The van der Waals surface area contributed by atoms with E-state index in [0.29, 0.717) is 5.69 Å². The van der Waals surface area contributed by atoms with Crippen molar-refractivity contribution in [1.82, 2.24) is 19.3 Å². The Morgan fingerprint density at radius 1 is 1.50 bits per heavy atom. The number of nitrogens with two attached hydrogens (primary N) is 1. The Kier molecular flexibility index (Phi) is 1.99. The Balaban J connectivity index is 2.53. The summed E-state index contributed by atoms with van der Waals surface area (Å²) in [7, 11) is 1.85. The van der Waals surface area contributed by atoms with E-state index in [2.05, 4.69) is 17.0 Å². The van der Waals surface area contributed by atoms with Crippen molar-refractivity contribution in [2.24, 2.45) is 7.05 Å². The fourth-order valence-electron chi connectivity index (χ4n) is 1.47. The maximum absolute atomic E-state index is 5.82. The Morgan fingerprint density at radius 2 is 2.29 bits per heavy atom. The number of nitrogens with zero attached hydrogens (tertiary/aromatic N) is 4. The number of rotatable bonds is 2. The average molecular weight is 191 g/mol. The van der Waals surface area contributed by atoms with Crippen LogP contribution in [0.1, 0.15) is 12.7 Å². The largest absolute Gasteiger partial charge is 0.394 e. The molecule has 0 atom stereocenters. The minimum absolute atomic E-state index is 0.667. The van der Waals surface area contributed by atoms with Crippen LogP contribution < -0.4 is 5.73 Å². The predicted molar refractivity (Wildman–Crippen MR) is 54.1 cm³/mol. The standard InChI is InChI=1S/C9H13N5/c1-3-8-11-4-5-14(8)9-7(10)6-13(2)12-9/h4-6H,3,10H2,1-2H3. The molecule has 0 amide bonds. The first-order valence-corrected chi connectivity index (χ1v) is 4.54. The molecule has 2 aromatic heterocycles. The van der Waals surface area contributed by atoms with E-state index in [-0.39, 0.29) is 0 Å². The van der Waals surface area contributed by atoms with Crippen LogP contribution in [-0.2, 0) is 13.5 Å². The van der Waals surface area contributed by atoms with Gasteiger partial charge < -0.3 is 5.73 Å². The smallest absolute Gasteiger partial charge is 0.183 e. The number of aryl methyl sites for hydroxylation is 2. The first-order chi connectivity index (χ1) is 6.72. The SMILES string of the molecule is CCc1nccn1-c1nn(C)cc1N. The van der Waals surface area contributed by atoms with Gasteiger partial charge in [0.25, 0.3) is 0 Å². The third-order valence-electron chi connectivity index (χ3n) is 2.10. The van der Waals surface area contributed by atoms with Crippen molar-refractivity contribution >= 4 is 5.69 Å². The van der Waals surface area contributed by atoms with Gasteiger partial charge in [-0.1, -0.05) is 6.92 Å². The van der Waals surface area contributed by atoms with E-state index < -0.39 is 0 Å². The van der Waals surface area contributed by atoms with E-state index in [1.54, 1.807) is 17.1 Å². The van der Waals surface area contributed by atoms with E-state index in [1.807, 2.05) is 17.8 Å². The molecule has 5 heteroatoms. The summed E-state index contributed by atoms with van der Waals surface area (Å²) in [5.41, 5.74) is 6.49. The molecule has 0 aliphatic heterocycles. The van der Waals surface area contributed by atoms with E-state index in [4.69, 9.17) is 5.73 Å². The van der Waals surface area contributed by atoms with Crippen LogP contribution in [0.5, 0.6) is 0 Å². The van der Waals surface area contributed by atoms with Crippen molar-refractivity contribution in [3.63, 3.8) is 0 Å². The second-order valence-electron chi connectivity index (χ2n) is 3.15. The number of nitrogen functional groups attached to an aromatic ring is 1. The van der Waals surface area contributed by atoms with Crippen molar-refractivity contribution in [1.29, 1.82) is 0 Å². The molecule has 2 N–H and O–H groups in total. The summed E-state index contributed by atoms with van der Waals surface area (Å²) in [6.45, 7) is 2.05. The third kappa shape index (κ3) is 1.26. The van der Waals surface area contributed by atoms with Gasteiger partial charge in [0.15, 0.2) is 5.82 Å². The molecule has 0 saturated carbocycles. The second kappa shape index (κ2) is 3.17. The van der Waals surface area contributed by atoms with Crippen LogP contribution in [0.15, 0.2) is 18.6 Å². The lowest BCUT2D eigenvalue weighted by Crippen LogP contribution is -2.02. The zero-order chi connectivity index (χ0) is 10.1. The lowest BCUT2D eigenvalue weighted by atomic mass is 10.4. The molecule has 0 unspecified atom stereocenters. The van der Waals surface area contributed by atoms with Gasteiger partial charge in [-0.25, -0.2) is 4.98 Å². The molecule has 0 fully saturated rings. The summed E-state index contributed by atoms with van der Waals surface area (Å²) in [6, 6.07) is 0. The van der Waals surface area contributed by atoms with Gasteiger partial charge in [0, 0.05) is 32.1 Å². The fraction of sp³-hybridized carbons (Fsp3) is 0.333. The van der Waals surface area contributed by atoms with Gasteiger partial charge in [0.05, 0.1) is 5.69 Å². The average Bonchev–Trinajstić information content (AvgIpc) is 2.71. The number of hydrogen-bond acceptors (Lipinski definition) is 3. The topological polar surface area (TPSA) is 61.7 Å². The van der Waals surface area contributed by atoms with Gasteiger partial charge in [-0.3, -0.25) is 9.25 Å². The van der Waals surface area contributed by atoms with Crippen LogP contribution in [-0.4, -0.2) is 19.3 Å². The van der Waals surface area contributed by atoms with Crippen molar-refractivity contribution in [2.75, 3.05) is 5.73 Å². The minimum atomic E-state index is 0.667. The fourth-order valence-corrected chi connectivity index (χ4v) is 1.47. The summed E-state index contributed by atoms with van der Waals surface area (Å²) < 4.78 is 3.61. The monoisotopic (exact) mass is 191 g/mol. The number of imidazole rings is 1. The van der Waals surface area contributed by atoms with Crippen molar-refractivity contribution in [3.05, 3.63) is 24.4 Å². The molecule has 0 saturated heterocycles. The maximum atomic E-state index is 5.82. The van der Waals surface area contributed by atoms with Gasteiger partial charge >= 0.3 is 0 Å². The number of anilines is 1. The number of aromatic nitrogens is 4. The summed E-state index contributed by atoms with van der Waals surface area (Å²) >= 11 is 0. The quantitative estimate of drug-likeness (QED) is 0.762. The Morgan fingerprint density at radius 3 is 2.86 bits per heavy atom. The van der Waals surface area contributed by atoms with E-state index in [0.717, 1.165) is 18.1 Å². The highest BCUT2D eigenvalue weighted by Gasteiger charge is 2.09. The van der Waals surface area contributed by atoms with E-state index >= 15 is 0 Å². The van der Waals surface area contributed by atoms with Crippen LogP contribution in [0, 0.1) is 0 Å². The zero-order valence-corrected chi connectivity index (χ0v) is 8.31. The summed E-state index contributed by atoms with van der Waals surface area (Å²) in [5, 5.41) is 4.28. The molecule has 0 aliphatic carbocycles. The molecule has 74 valence electrons. The zero-order valence-electron chi connectivity index (χ0n) is 8.31. The van der Waals surface area contributed by atoms with E-state index in [1.165, 1.54) is 0 Å². The normalized spacial score (nSPS) is 10.7. The summed E-state index contributed by atoms with van der Waals surface area (Å²) in [5.74, 6) is 1.72. The molecular weight excluding hydrogens is 178 g/mol. The maximum Gasteiger partial charge on any atom is 0.183 e. The van der Waals surface area contributed by atoms with Gasteiger partial charge in [-0.05, 0) is 0 Å². The van der Waals surface area contributed by atoms with Gasteiger partial charge in [0.2, 0.25) is 0 Å². The Hall–Kier alpha value is -1.78. The molecule has 5 nitrogen and oxygen atoms in total. The molecular formula is C9H13N5. The highest BCUT2D eigenvalue weighted by Crippen LogP contribution is 2.15.